The molecule has 1 aromatic heterocycles. The molecule has 4 rings (SSSR count). The van der Waals surface area contributed by atoms with Gasteiger partial charge in [0.05, 0.1) is 11.4 Å². The number of likely N-dealkylation sites (tertiary alicyclic amines) is 1. The first kappa shape index (κ1) is 20.2. The highest BCUT2D eigenvalue weighted by Crippen LogP contribution is 2.47. The van der Waals surface area contributed by atoms with Gasteiger partial charge < -0.3 is 4.90 Å². The van der Waals surface area contributed by atoms with E-state index in [0.717, 1.165) is 6.42 Å². The number of hydrogen-bond acceptors (Lipinski definition) is 2. The van der Waals surface area contributed by atoms with Gasteiger partial charge in [0.1, 0.15) is 5.82 Å². The van der Waals surface area contributed by atoms with Gasteiger partial charge in [0.2, 0.25) is 0 Å². The van der Waals surface area contributed by atoms with Crippen LogP contribution in [0.4, 0.5) is 17.6 Å². The fourth-order valence-corrected chi connectivity index (χ4v) is 5.21. The molecule has 1 aliphatic heterocycles. The smallest absolute Gasteiger partial charge is 0.337 e. The van der Waals surface area contributed by atoms with Gasteiger partial charge in [-0.3, -0.25) is 9.48 Å². The Morgan fingerprint density at radius 3 is 2.48 bits per heavy atom. The zero-order valence-corrected chi connectivity index (χ0v) is 16.4. The van der Waals surface area contributed by atoms with Gasteiger partial charge in [-0.15, -0.1) is 0 Å². The third-order valence-electron chi connectivity index (χ3n) is 6.69. The summed E-state index contributed by atoms with van der Waals surface area (Å²) in [6, 6.07) is 4.21. The van der Waals surface area contributed by atoms with Crippen molar-refractivity contribution in [2.75, 3.05) is 13.1 Å². The van der Waals surface area contributed by atoms with Crippen molar-refractivity contribution in [3.05, 3.63) is 29.7 Å². The predicted molar refractivity (Wildman–Crippen MR) is 101 cm³/mol. The topological polar surface area (TPSA) is 38.1 Å². The second-order valence-corrected chi connectivity index (χ2v) is 8.36. The van der Waals surface area contributed by atoms with Crippen LogP contribution in [-0.4, -0.2) is 39.9 Å². The number of carbonyl (C=O) groups excluding carboxylic acids is 1. The zero-order chi connectivity index (χ0) is 20.8. The molecule has 4 nitrogen and oxygen atoms in total. The summed E-state index contributed by atoms with van der Waals surface area (Å²) in [5.74, 6) is -2.29. The fraction of sp³-hybridized carbons (Fsp3) is 0.619. The number of aromatic nitrogens is 2. The third kappa shape index (κ3) is 3.85. The molecule has 1 amide bonds. The maximum atomic E-state index is 13.7. The number of amides is 1. The van der Waals surface area contributed by atoms with E-state index < -0.39 is 17.9 Å². The van der Waals surface area contributed by atoms with Gasteiger partial charge in [0.25, 0.3) is 5.91 Å². The molecular weight excluding hydrogens is 386 g/mol. The van der Waals surface area contributed by atoms with Crippen molar-refractivity contribution in [1.82, 2.24) is 14.7 Å². The van der Waals surface area contributed by atoms with Crippen LogP contribution in [0.5, 0.6) is 0 Å². The minimum atomic E-state index is -4.14. The molecule has 0 bridgehead atoms. The molecule has 1 aromatic carbocycles. The Morgan fingerprint density at radius 2 is 1.79 bits per heavy atom. The average Bonchev–Trinajstić information content (AvgIpc) is 3.02. The number of carbonyl (C=O) groups is 1. The molecular formula is C21H25F4N3O. The fourth-order valence-electron chi connectivity index (χ4n) is 5.21. The monoisotopic (exact) mass is 411 g/mol. The van der Waals surface area contributed by atoms with Crippen molar-refractivity contribution < 1.29 is 22.4 Å². The van der Waals surface area contributed by atoms with Crippen LogP contribution in [0.15, 0.2) is 18.2 Å². The lowest BCUT2D eigenvalue weighted by molar-refractivity contribution is -0.203. The van der Waals surface area contributed by atoms with E-state index in [1.807, 2.05) is 0 Å². The molecule has 8 heteroatoms. The number of alkyl halides is 3. The summed E-state index contributed by atoms with van der Waals surface area (Å²) in [7, 11) is 1.70. The first-order valence-electron chi connectivity index (χ1n) is 10.2. The lowest BCUT2D eigenvalue weighted by Gasteiger charge is -2.42. The molecule has 0 N–H and O–H groups in total. The van der Waals surface area contributed by atoms with Crippen molar-refractivity contribution in [1.29, 1.82) is 0 Å². The van der Waals surface area contributed by atoms with Gasteiger partial charge in [-0.05, 0) is 55.7 Å². The molecule has 2 unspecified atom stereocenters. The van der Waals surface area contributed by atoms with E-state index in [4.69, 9.17) is 0 Å². The molecule has 1 saturated carbocycles. The number of hydrogen-bond donors (Lipinski definition) is 0. The molecule has 0 radical (unpaired) electrons. The van der Waals surface area contributed by atoms with E-state index in [-0.39, 0.29) is 29.9 Å². The lowest BCUT2D eigenvalue weighted by atomic mass is 9.69. The predicted octanol–water partition coefficient (Wildman–Crippen LogP) is 4.93. The van der Waals surface area contributed by atoms with Gasteiger partial charge in [-0.25, -0.2) is 4.39 Å². The first-order chi connectivity index (χ1) is 13.8. The van der Waals surface area contributed by atoms with Crippen LogP contribution in [0.3, 0.4) is 0 Å². The first-order valence-corrected chi connectivity index (χ1v) is 10.2. The maximum absolute atomic E-state index is 13.7. The quantitative estimate of drug-likeness (QED) is 0.657. The maximum Gasteiger partial charge on any atom is 0.392 e. The molecule has 2 atom stereocenters. The Hall–Kier alpha value is -2.12. The van der Waals surface area contributed by atoms with E-state index in [1.54, 1.807) is 22.7 Å². The Labute approximate surface area is 166 Å². The Bertz CT molecular complexity index is 899. The van der Waals surface area contributed by atoms with Crippen molar-refractivity contribution in [3.8, 4) is 0 Å². The number of benzene rings is 1. The highest BCUT2D eigenvalue weighted by atomic mass is 19.4. The molecule has 29 heavy (non-hydrogen) atoms. The minimum absolute atomic E-state index is 0.0103. The van der Waals surface area contributed by atoms with Gasteiger partial charge >= 0.3 is 6.18 Å². The van der Waals surface area contributed by atoms with Gasteiger partial charge in [0, 0.05) is 25.5 Å². The molecule has 2 fully saturated rings. The summed E-state index contributed by atoms with van der Waals surface area (Å²) in [4.78, 5) is 14.6. The van der Waals surface area contributed by atoms with E-state index in [0.29, 0.717) is 49.7 Å². The van der Waals surface area contributed by atoms with Crippen molar-refractivity contribution >= 4 is 16.8 Å². The Kier molecular flexibility index (Phi) is 5.29. The summed E-state index contributed by atoms with van der Waals surface area (Å²) >= 11 is 0. The minimum Gasteiger partial charge on any atom is -0.337 e. The number of fused-ring (bicyclic) bond motifs is 1. The molecule has 2 aliphatic rings. The van der Waals surface area contributed by atoms with E-state index >= 15 is 0 Å². The van der Waals surface area contributed by atoms with Crippen LogP contribution in [0.2, 0.25) is 0 Å². The summed E-state index contributed by atoms with van der Waals surface area (Å²) in [6.07, 6.45) is -0.672. The van der Waals surface area contributed by atoms with E-state index in [1.165, 1.54) is 12.1 Å². The lowest BCUT2D eigenvalue weighted by Crippen LogP contribution is -2.44. The van der Waals surface area contributed by atoms with Crippen molar-refractivity contribution in [2.45, 2.75) is 44.7 Å². The molecule has 158 valence electrons. The number of halogens is 4. The van der Waals surface area contributed by atoms with Crippen LogP contribution in [0.25, 0.3) is 10.9 Å². The molecule has 1 saturated heterocycles. The van der Waals surface area contributed by atoms with Gasteiger partial charge in [-0.1, -0.05) is 12.8 Å². The summed E-state index contributed by atoms with van der Waals surface area (Å²) in [5, 5.41) is 4.73. The highest BCUT2D eigenvalue weighted by molar-refractivity contribution is 6.04. The van der Waals surface area contributed by atoms with Crippen LogP contribution in [-0.2, 0) is 7.05 Å². The van der Waals surface area contributed by atoms with Gasteiger partial charge in [-0.2, -0.15) is 18.3 Å². The number of piperidine rings is 1. The normalized spacial score (nSPS) is 24.2. The van der Waals surface area contributed by atoms with Gasteiger partial charge in [0.15, 0.2) is 5.69 Å². The van der Waals surface area contributed by atoms with Crippen molar-refractivity contribution in [3.63, 3.8) is 0 Å². The largest absolute Gasteiger partial charge is 0.392 e. The average molecular weight is 411 g/mol. The van der Waals surface area contributed by atoms with E-state index in [9.17, 15) is 22.4 Å². The highest BCUT2D eigenvalue weighted by Gasteiger charge is 2.48. The zero-order valence-electron chi connectivity index (χ0n) is 16.4. The third-order valence-corrected chi connectivity index (χ3v) is 6.69. The number of nitrogens with zero attached hydrogens (tertiary/aromatic N) is 3. The summed E-state index contributed by atoms with van der Waals surface area (Å²) < 4.78 is 55.6. The number of rotatable bonds is 2. The van der Waals surface area contributed by atoms with Crippen LogP contribution < -0.4 is 0 Å². The second-order valence-electron chi connectivity index (χ2n) is 8.36. The van der Waals surface area contributed by atoms with Crippen molar-refractivity contribution in [2.24, 2.45) is 24.8 Å². The second kappa shape index (κ2) is 7.61. The van der Waals surface area contributed by atoms with E-state index in [2.05, 4.69) is 5.10 Å². The van der Waals surface area contributed by atoms with Crippen LogP contribution in [0, 0.1) is 23.6 Å². The summed E-state index contributed by atoms with van der Waals surface area (Å²) in [6.45, 7) is 0.829. The van der Waals surface area contributed by atoms with Crippen LogP contribution >= 0.6 is 0 Å². The molecule has 2 aromatic rings. The van der Waals surface area contributed by atoms with Crippen LogP contribution in [0.1, 0.15) is 49.0 Å². The summed E-state index contributed by atoms with van der Waals surface area (Å²) in [5.41, 5.74) is 0.867. The Morgan fingerprint density at radius 1 is 1.10 bits per heavy atom. The Balaban J connectivity index is 1.47. The number of aryl methyl sites for hydroxylation is 1. The SMILES string of the molecule is Cn1nc(C(=O)N2CCC(C3CCCCC3C(F)(F)F)CC2)c2cc(F)ccc21. The molecule has 0 spiro atoms. The molecule has 1 aliphatic carbocycles. The molecule has 2 heterocycles. The standard InChI is InChI=1S/C21H25F4N3O/c1-27-18-7-6-14(22)12-16(18)19(26-27)20(29)28-10-8-13(9-11-28)15-4-2-3-5-17(15)21(23,24)25/h6-7,12-13,15,17H,2-5,8-11H2,1H3.